The number of nitrogens with zero attached hydrogens (tertiary/aromatic N) is 4. The highest BCUT2D eigenvalue weighted by molar-refractivity contribution is 7.90. The van der Waals surface area contributed by atoms with Crippen molar-refractivity contribution in [1.82, 2.24) is 19.5 Å². The molecule has 0 atom stereocenters. The van der Waals surface area contributed by atoms with E-state index in [1.165, 1.54) is 19.1 Å². The first-order valence-electron chi connectivity index (χ1n) is 11.0. The van der Waals surface area contributed by atoms with Gasteiger partial charge >= 0.3 is 0 Å². The van der Waals surface area contributed by atoms with Crippen LogP contribution in [0, 0.1) is 6.92 Å². The molecule has 1 fully saturated rings. The van der Waals surface area contributed by atoms with Gasteiger partial charge in [-0.1, -0.05) is 31.0 Å². The van der Waals surface area contributed by atoms with Crippen molar-refractivity contribution < 1.29 is 8.42 Å². The molecule has 0 radical (unpaired) electrons. The number of hydrogen-bond donors (Lipinski definition) is 2. The number of anilines is 4. The molecule has 33 heavy (non-hydrogen) atoms. The van der Waals surface area contributed by atoms with Gasteiger partial charge in [-0.15, -0.1) is 0 Å². The molecular weight excluding hydrogens is 436 g/mol. The molecule has 9 heteroatoms. The Morgan fingerprint density at radius 1 is 0.970 bits per heavy atom. The van der Waals surface area contributed by atoms with E-state index in [9.17, 15) is 8.42 Å². The SMILES string of the molecule is Cc1ccccc1Nc1nc2cnc(Nc3ccc(S(C)(=O)=O)cc3)nc2n1C1CCCC1. The first-order chi connectivity index (χ1) is 15.9. The molecule has 0 aliphatic heterocycles. The van der Waals surface area contributed by atoms with Gasteiger partial charge in [0.15, 0.2) is 15.5 Å². The molecule has 8 nitrogen and oxygen atoms in total. The fraction of sp³-hybridized carbons (Fsp3) is 0.292. The lowest BCUT2D eigenvalue weighted by molar-refractivity contribution is 0.535. The molecule has 0 unspecified atom stereocenters. The average molecular weight is 463 g/mol. The highest BCUT2D eigenvalue weighted by atomic mass is 32.2. The third kappa shape index (κ3) is 4.41. The monoisotopic (exact) mass is 462 g/mol. The van der Waals surface area contributed by atoms with Gasteiger partial charge in [0.05, 0.1) is 11.1 Å². The minimum Gasteiger partial charge on any atom is -0.325 e. The van der Waals surface area contributed by atoms with Crippen LogP contribution in [-0.4, -0.2) is 34.2 Å². The van der Waals surface area contributed by atoms with Gasteiger partial charge in [-0.2, -0.15) is 4.98 Å². The van der Waals surface area contributed by atoms with Crippen LogP contribution in [0.1, 0.15) is 37.3 Å². The second-order valence-electron chi connectivity index (χ2n) is 8.51. The van der Waals surface area contributed by atoms with Crippen molar-refractivity contribution >= 4 is 44.3 Å². The number of sulfone groups is 1. The number of aromatic nitrogens is 4. The molecule has 2 heterocycles. The van der Waals surface area contributed by atoms with Gasteiger partial charge in [-0.25, -0.2) is 18.4 Å². The van der Waals surface area contributed by atoms with Crippen LogP contribution in [0.2, 0.25) is 0 Å². The van der Waals surface area contributed by atoms with Gasteiger partial charge in [0.1, 0.15) is 5.52 Å². The minimum absolute atomic E-state index is 0.274. The normalized spacial score (nSPS) is 14.6. The summed E-state index contributed by atoms with van der Waals surface area (Å²) < 4.78 is 25.6. The number of benzene rings is 2. The molecule has 0 amide bonds. The van der Waals surface area contributed by atoms with E-state index in [4.69, 9.17) is 9.97 Å². The van der Waals surface area contributed by atoms with E-state index < -0.39 is 9.84 Å². The lowest BCUT2D eigenvalue weighted by atomic mass is 10.2. The topological polar surface area (TPSA) is 102 Å². The van der Waals surface area contributed by atoms with Crippen molar-refractivity contribution in [2.75, 3.05) is 16.9 Å². The molecule has 0 bridgehead atoms. The standard InChI is InChI=1S/C24H26N6O2S/c1-16-7-3-6-10-20(16)27-24-28-21-15-25-23(29-22(21)30(24)18-8-4-5-9-18)26-17-11-13-19(14-12-17)33(2,31)32/h3,6-7,10-15,18H,4-5,8-9H2,1-2H3,(H,27,28)(H,25,26,29). The summed E-state index contributed by atoms with van der Waals surface area (Å²) in [4.78, 5) is 14.3. The molecule has 1 saturated carbocycles. The van der Waals surface area contributed by atoms with Gasteiger partial charge in [0.25, 0.3) is 0 Å². The Kier molecular flexibility index (Phi) is 5.49. The molecule has 170 valence electrons. The van der Waals surface area contributed by atoms with Crippen LogP contribution in [0.15, 0.2) is 59.6 Å². The van der Waals surface area contributed by atoms with E-state index in [2.05, 4.69) is 33.2 Å². The first kappa shape index (κ1) is 21.4. The van der Waals surface area contributed by atoms with Gasteiger partial charge in [0, 0.05) is 23.7 Å². The van der Waals surface area contributed by atoms with Gasteiger partial charge in [-0.3, -0.25) is 4.57 Å². The molecule has 0 spiro atoms. The predicted molar refractivity (Wildman–Crippen MR) is 130 cm³/mol. The summed E-state index contributed by atoms with van der Waals surface area (Å²) in [5, 5.41) is 6.69. The van der Waals surface area contributed by atoms with Crippen molar-refractivity contribution in [3.63, 3.8) is 0 Å². The summed E-state index contributed by atoms with van der Waals surface area (Å²) in [7, 11) is -3.24. The van der Waals surface area contributed by atoms with Crippen LogP contribution in [0.3, 0.4) is 0 Å². The molecule has 2 N–H and O–H groups in total. The van der Waals surface area contributed by atoms with Gasteiger partial charge in [-0.05, 0) is 55.7 Å². The molecule has 5 rings (SSSR count). The third-order valence-electron chi connectivity index (χ3n) is 6.05. The van der Waals surface area contributed by atoms with Crippen molar-refractivity contribution in [3.8, 4) is 0 Å². The van der Waals surface area contributed by atoms with Crippen molar-refractivity contribution in [2.24, 2.45) is 0 Å². The van der Waals surface area contributed by atoms with E-state index >= 15 is 0 Å². The molecule has 0 saturated heterocycles. The Hall–Kier alpha value is -3.46. The number of hydrogen-bond acceptors (Lipinski definition) is 7. The van der Waals surface area contributed by atoms with E-state index in [1.54, 1.807) is 30.5 Å². The van der Waals surface area contributed by atoms with Gasteiger partial charge < -0.3 is 10.6 Å². The zero-order valence-corrected chi connectivity index (χ0v) is 19.4. The summed E-state index contributed by atoms with van der Waals surface area (Å²) >= 11 is 0. The average Bonchev–Trinajstić information content (AvgIpc) is 3.42. The second-order valence-corrected chi connectivity index (χ2v) is 10.5. The van der Waals surface area contributed by atoms with E-state index in [1.807, 2.05) is 18.2 Å². The molecule has 4 aromatic rings. The molecule has 2 aromatic heterocycles. The highest BCUT2D eigenvalue weighted by Gasteiger charge is 2.24. The lowest BCUT2D eigenvalue weighted by Crippen LogP contribution is -2.10. The number of aryl methyl sites for hydroxylation is 1. The third-order valence-corrected chi connectivity index (χ3v) is 7.18. The highest BCUT2D eigenvalue weighted by Crippen LogP contribution is 2.36. The van der Waals surface area contributed by atoms with E-state index in [-0.39, 0.29) is 4.90 Å². The van der Waals surface area contributed by atoms with Gasteiger partial charge in [0.2, 0.25) is 11.9 Å². The number of para-hydroxylation sites is 1. The van der Waals surface area contributed by atoms with E-state index in [0.29, 0.717) is 17.7 Å². The molecular formula is C24H26N6O2S. The molecule has 2 aromatic carbocycles. The number of fused-ring (bicyclic) bond motifs is 1. The summed E-state index contributed by atoms with van der Waals surface area (Å²) in [6.45, 7) is 2.07. The fourth-order valence-corrected chi connectivity index (χ4v) is 4.93. The number of rotatable bonds is 6. The van der Waals surface area contributed by atoms with Crippen LogP contribution in [0.25, 0.3) is 11.2 Å². The number of nitrogens with one attached hydrogen (secondary N) is 2. The van der Waals surface area contributed by atoms with Crippen LogP contribution >= 0.6 is 0 Å². The number of imidazole rings is 1. The van der Waals surface area contributed by atoms with Crippen LogP contribution in [-0.2, 0) is 9.84 Å². The first-order valence-corrected chi connectivity index (χ1v) is 12.9. The smallest absolute Gasteiger partial charge is 0.229 e. The van der Waals surface area contributed by atoms with Crippen molar-refractivity contribution in [3.05, 3.63) is 60.3 Å². The van der Waals surface area contributed by atoms with Crippen LogP contribution in [0.4, 0.5) is 23.3 Å². The molecule has 1 aliphatic carbocycles. The lowest BCUT2D eigenvalue weighted by Gasteiger charge is -2.17. The zero-order valence-electron chi connectivity index (χ0n) is 18.6. The summed E-state index contributed by atoms with van der Waals surface area (Å²) in [5.41, 5.74) is 4.39. The predicted octanol–water partition coefficient (Wildman–Crippen LogP) is 5.14. The summed E-state index contributed by atoms with van der Waals surface area (Å²) in [6.07, 6.45) is 7.48. The summed E-state index contributed by atoms with van der Waals surface area (Å²) in [5.74, 6) is 1.21. The minimum atomic E-state index is -3.24. The largest absolute Gasteiger partial charge is 0.325 e. The molecule has 1 aliphatic rings. The summed E-state index contributed by atoms with van der Waals surface area (Å²) in [6, 6.07) is 15.0. The Bertz CT molecular complexity index is 1410. The Morgan fingerprint density at radius 3 is 2.39 bits per heavy atom. The second kappa shape index (κ2) is 8.47. The zero-order chi connectivity index (χ0) is 23.0. The van der Waals surface area contributed by atoms with Crippen molar-refractivity contribution in [1.29, 1.82) is 0 Å². The van der Waals surface area contributed by atoms with Crippen molar-refractivity contribution in [2.45, 2.75) is 43.5 Å². The Morgan fingerprint density at radius 2 is 1.70 bits per heavy atom. The Balaban J connectivity index is 1.51. The maximum absolute atomic E-state index is 11.7. The van der Waals surface area contributed by atoms with E-state index in [0.717, 1.165) is 41.2 Å². The van der Waals surface area contributed by atoms with Crippen LogP contribution in [0.5, 0.6) is 0 Å². The van der Waals surface area contributed by atoms with Crippen LogP contribution < -0.4 is 10.6 Å². The maximum Gasteiger partial charge on any atom is 0.229 e. The Labute approximate surface area is 193 Å². The quantitative estimate of drug-likeness (QED) is 0.409. The maximum atomic E-state index is 11.7. The fourth-order valence-electron chi connectivity index (χ4n) is 4.30.